The molecule has 2 rings (SSSR count). The summed E-state index contributed by atoms with van der Waals surface area (Å²) >= 11 is 11.8. The van der Waals surface area contributed by atoms with E-state index in [0.717, 1.165) is 5.56 Å². The highest BCUT2D eigenvalue weighted by Crippen LogP contribution is 2.28. The van der Waals surface area contributed by atoms with Crippen LogP contribution in [0.5, 0.6) is 11.5 Å². The second-order valence-electron chi connectivity index (χ2n) is 5.80. The number of carbonyl (C=O) groups is 2. The third kappa shape index (κ3) is 6.05. The molecular formula is C19H20Cl2N2O4. The van der Waals surface area contributed by atoms with Gasteiger partial charge < -0.3 is 20.1 Å². The van der Waals surface area contributed by atoms with Crippen molar-refractivity contribution in [2.45, 2.75) is 20.0 Å². The molecule has 0 aromatic heterocycles. The second-order valence-corrected chi connectivity index (χ2v) is 6.65. The Balaban J connectivity index is 1.89. The minimum Gasteiger partial charge on any atom is -0.495 e. The number of rotatable bonds is 7. The first kappa shape index (κ1) is 20.9. The molecule has 144 valence electrons. The largest absolute Gasteiger partial charge is 0.495 e. The quantitative estimate of drug-likeness (QED) is 0.726. The fraction of sp³-hybridized carbons (Fsp3) is 0.263. The van der Waals surface area contributed by atoms with Gasteiger partial charge >= 0.3 is 0 Å². The molecule has 0 saturated heterocycles. The van der Waals surface area contributed by atoms with Crippen LogP contribution in [0.2, 0.25) is 10.0 Å². The molecule has 0 spiro atoms. The van der Waals surface area contributed by atoms with Crippen LogP contribution >= 0.6 is 23.2 Å². The van der Waals surface area contributed by atoms with E-state index in [1.807, 2.05) is 13.0 Å². The molecule has 0 aliphatic heterocycles. The lowest BCUT2D eigenvalue weighted by molar-refractivity contribution is -0.129. The monoisotopic (exact) mass is 410 g/mol. The fourth-order valence-corrected chi connectivity index (χ4v) is 2.69. The zero-order valence-corrected chi connectivity index (χ0v) is 16.6. The predicted molar refractivity (Wildman–Crippen MR) is 106 cm³/mol. The van der Waals surface area contributed by atoms with Crippen LogP contribution in [0.25, 0.3) is 0 Å². The van der Waals surface area contributed by atoms with Crippen LogP contribution < -0.4 is 20.1 Å². The van der Waals surface area contributed by atoms with Gasteiger partial charge in [0.25, 0.3) is 5.91 Å². The van der Waals surface area contributed by atoms with Crippen molar-refractivity contribution < 1.29 is 19.1 Å². The zero-order chi connectivity index (χ0) is 20.0. The van der Waals surface area contributed by atoms with Crippen molar-refractivity contribution in [3.63, 3.8) is 0 Å². The van der Waals surface area contributed by atoms with Crippen LogP contribution in [-0.4, -0.2) is 31.6 Å². The van der Waals surface area contributed by atoms with Crippen LogP contribution in [0.1, 0.15) is 12.5 Å². The summed E-state index contributed by atoms with van der Waals surface area (Å²) < 4.78 is 10.7. The maximum Gasteiger partial charge on any atom is 0.261 e. The lowest BCUT2D eigenvalue weighted by Gasteiger charge is -2.16. The standard InChI is InChI=1S/C19H20Cl2N2O4/c1-11-4-6-17(26-3)15(8-11)23-18(24)10-22-19(25)12(2)27-16-7-5-13(20)9-14(16)21/h4-9,12H,10H2,1-3H3,(H,22,25)(H,23,24). The van der Waals surface area contributed by atoms with Crippen molar-refractivity contribution in [3.05, 3.63) is 52.0 Å². The topological polar surface area (TPSA) is 76.7 Å². The summed E-state index contributed by atoms with van der Waals surface area (Å²) in [6.07, 6.45) is -0.843. The molecule has 2 aromatic rings. The lowest BCUT2D eigenvalue weighted by Crippen LogP contribution is -2.40. The van der Waals surface area contributed by atoms with Gasteiger partial charge in [0, 0.05) is 5.02 Å². The Labute approximate surface area is 167 Å². The van der Waals surface area contributed by atoms with Gasteiger partial charge in [-0.05, 0) is 49.7 Å². The molecule has 1 atom stereocenters. The number of amides is 2. The maximum absolute atomic E-state index is 12.1. The Morgan fingerprint density at radius 3 is 2.48 bits per heavy atom. The number of hydrogen-bond donors (Lipinski definition) is 2. The van der Waals surface area contributed by atoms with E-state index in [9.17, 15) is 9.59 Å². The average Bonchev–Trinajstić information content (AvgIpc) is 2.62. The summed E-state index contributed by atoms with van der Waals surface area (Å²) in [4.78, 5) is 24.3. The Hall–Kier alpha value is -2.44. The number of hydrogen-bond acceptors (Lipinski definition) is 4. The third-order valence-corrected chi connectivity index (χ3v) is 4.15. The number of ether oxygens (including phenoxy) is 2. The smallest absolute Gasteiger partial charge is 0.261 e. The van der Waals surface area contributed by atoms with Crippen LogP contribution in [-0.2, 0) is 9.59 Å². The molecular weight excluding hydrogens is 391 g/mol. The second kappa shape index (κ2) is 9.48. The van der Waals surface area contributed by atoms with Gasteiger partial charge in [-0.2, -0.15) is 0 Å². The number of nitrogens with one attached hydrogen (secondary N) is 2. The van der Waals surface area contributed by atoms with Crippen molar-refractivity contribution in [1.29, 1.82) is 0 Å². The number of anilines is 1. The summed E-state index contributed by atoms with van der Waals surface area (Å²) in [6.45, 7) is 3.25. The van der Waals surface area contributed by atoms with Gasteiger partial charge in [-0.1, -0.05) is 29.3 Å². The number of methoxy groups -OCH3 is 1. The molecule has 2 N–H and O–H groups in total. The number of carbonyl (C=O) groups excluding carboxylic acids is 2. The van der Waals surface area contributed by atoms with E-state index in [-0.39, 0.29) is 12.5 Å². The normalized spacial score (nSPS) is 11.4. The molecule has 0 aliphatic rings. The molecule has 0 radical (unpaired) electrons. The first-order chi connectivity index (χ1) is 12.8. The van der Waals surface area contributed by atoms with Crippen LogP contribution in [0, 0.1) is 6.92 Å². The molecule has 8 heteroatoms. The maximum atomic E-state index is 12.1. The first-order valence-corrected chi connectivity index (χ1v) is 8.89. The summed E-state index contributed by atoms with van der Waals surface area (Å²) in [5, 5.41) is 5.99. The van der Waals surface area contributed by atoms with E-state index in [1.54, 1.807) is 31.2 Å². The molecule has 2 aromatic carbocycles. The van der Waals surface area contributed by atoms with Crippen molar-refractivity contribution >= 4 is 40.7 Å². The highest BCUT2D eigenvalue weighted by molar-refractivity contribution is 6.35. The minimum absolute atomic E-state index is 0.210. The molecule has 0 aliphatic carbocycles. The van der Waals surface area contributed by atoms with Crippen LogP contribution in [0.15, 0.2) is 36.4 Å². The van der Waals surface area contributed by atoms with Gasteiger partial charge in [-0.15, -0.1) is 0 Å². The molecule has 2 amide bonds. The summed E-state index contributed by atoms with van der Waals surface area (Å²) in [5.41, 5.74) is 1.51. The van der Waals surface area contributed by atoms with Gasteiger partial charge in [0.15, 0.2) is 6.10 Å². The SMILES string of the molecule is COc1ccc(C)cc1NC(=O)CNC(=O)C(C)Oc1ccc(Cl)cc1Cl. The highest BCUT2D eigenvalue weighted by Gasteiger charge is 2.17. The van der Waals surface area contributed by atoms with Crippen molar-refractivity contribution in [1.82, 2.24) is 5.32 Å². The van der Waals surface area contributed by atoms with E-state index in [2.05, 4.69) is 10.6 Å². The summed E-state index contributed by atoms with van der Waals surface area (Å²) in [7, 11) is 1.52. The lowest BCUT2D eigenvalue weighted by atomic mass is 10.2. The molecule has 27 heavy (non-hydrogen) atoms. The van der Waals surface area contributed by atoms with Gasteiger partial charge in [0.2, 0.25) is 5.91 Å². The van der Waals surface area contributed by atoms with E-state index < -0.39 is 12.0 Å². The third-order valence-electron chi connectivity index (χ3n) is 3.62. The fourth-order valence-electron chi connectivity index (χ4n) is 2.24. The molecule has 0 fully saturated rings. The molecule has 1 unspecified atom stereocenters. The van der Waals surface area contributed by atoms with Crippen molar-refractivity contribution in [2.24, 2.45) is 0 Å². The average molecular weight is 411 g/mol. The molecule has 0 saturated carbocycles. The molecule has 0 bridgehead atoms. The zero-order valence-electron chi connectivity index (χ0n) is 15.1. The number of aryl methyl sites for hydroxylation is 1. The van der Waals surface area contributed by atoms with Crippen molar-refractivity contribution in [3.8, 4) is 11.5 Å². The van der Waals surface area contributed by atoms with Crippen LogP contribution in [0.3, 0.4) is 0 Å². The summed E-state index contributed by atoms with van der Waals surface area (Å²) in [5.74, 6) is 0.0309. The first-order valence-electron chi connectivity index (χ1n) is 8.14. The van der Waals surface area contributed by atoms with E-state index >= 15 is 0 Å². The minimum atomic E-state index is -0.843. The van der Waals surface area contributed by atoms with Gasteiger partial charge in [-0.25, -0.2) is 0 Å². The Morgan fingerprint density at radius 1 is 1.11 bits per heavy atom. The van der Waals surface area contributed by atoms with E-state index in [4.69, 9.17) is 32.7 Å². The Morgan fingerprint density at radius 2 is 1.81 bits per heavy atom. The Kier molecular flexibility index (Phi) is 7.33. The number of halogens is 2. The highest BCUT2D eigenvalue weighted by atomic mass is 35.5. The van der Waals surface area contributed by atoms with Gasteiger partial charge in [-0.3, -0.25) is 9.59 Å². The summed E-state index contributed by atoms with van der Waals surface area (Å²) in [6, 6.07) is 10.1. The Bertz CT molecular complexity index is 842. The van der Waals surface area contributed by atoms with Crippen LogP contribution in [0.4, 0.5) is 5.69 Å². The number of benzene rings is 2. The van der Waals surface area contributed by atoms with E-state index in [1.165, 1.54) is 13.2 Å². The van der Waals surface area contributed by atoms with Gasteiger partial charge in [0.05, 0.1) is 24.4 Å². The molecule has 0 heterocycles. The molecule has 6 nitrogen and oxygen atoms in total. The predicted octanol–water partition coefficient (Wildman–Crippen LogP) is 3.83. The van der Waals surface area contributed by atoms with Gasteiger partial charge in [0.1, 0.15) is 11.5 Å². The van der Waals surface area contributed by atoms with Crippen molar-refractivity contribution in [2.75, 3.05) is 19.0 Å². The van der Waals surface area contributed by atoms with E-state index in [0.29, 0.717) is 27.2 Å².